The average molecular weight is 339 g/mol. The summed E-state index contributed by atoms with van der Waals surface area (Å²) in [6, 6.07) is 12.2. The number of carbonyl (C=O) groups is 1. The first-order valence-electron chi connectivity index (χ1n) is 7.54. The molecule has 0 aliphatic rings. The van der Waals surface area contributed by atoms with Gasteiger partial charge in [0.05, 0.1) is 14.2 Å². The van der Waals surface area contributed by atoms with Crippen LogP contribution in [-0.4, -0.2) is 30.3 Å². The summed E-state index contributed by atoms with van der Waals surface area (Å²) in [4.78, 5) is 16.7. The van der Waals surface area contributed by atoms with Crippen LogP contribution in [0, 0.1) is 6.92 Å². The maximum absolute atomic E-state index is 12.5. The Hall–Kier alpha value is -3.35. The number of ether oxygens (including phenoxy) is 2. The molecule has 7 heteroatoms. The van der Waals surface area contributed by atoms with Crippen molar-refractivity contribution in [1.82, 2.24) is 10.1 Å². The number of anilines is 1. The van der Waals surface area contributed by atoms with Crippen molar-refractivity contribution in [3.05, 3.63) is 53.9 Å². The van der Waals surface area contributed by atoms with E-state index in [1.807, 2.05) is 6.07 Å². The lowest BCUT2D eigenvalue weighted by Gasteiger charge is -2.09. The Balaban J connectivity index is 1.84. The molecule has 1 heterocycles. The molecule has 1 amide bonds. The Morgan fingerprint density at radius 2 is 1.80 bits per heavy atom. The summed E-state index contributed by atoms with van der Waals surface area (Å²) in [6.45, 7) is 1.74. The molecule has 0 radical (unpaired) electrons. The summed E-state index contributed by atoms with van der Waals surface area (Å²) in [5, 5.41) is 6.61. The first-order chi connectivity index (χ1) is 12.1. The van der Waals surface area contributed by atoms with Gasteiger partial charge < -0.3 is 19.3 Å². The molecule has 3 aromatic rings. The fraction of sp³-hybridized carbons (Fsp3) is 0.167. The molecule has 2 aromatic carbocycles. The van der Waals surface area contributed by atoms with Crippen molar-refractivity contribution in [3.8, 4) is 23.0 Å². The van der Waals surface area contributed by atoms with Crippen LogP contribution in [0.1, 0.15) is 16.2 Å². The van der Waals surface area contributed by atoms with Gasteiger partial charge in [-0.25, -0.2) is 0 Å². The van der Waals surface area contributed by atoms with Crippen LogP contribution < -0.4 is 14.8 Å². The van der Waals surface area contributed by atoms with E-state index in [9.17, 15) is 4.79 Å². The SMILES string of the molecule is COc1cc(OC)cc(C(=O)Nc2cccc(-c3nc(C)no3)c2)c1. The van der Waals surface area contributed by atoms with Crippen molar-refractivity contribution in [2.45, 2.75) is 6.92 Å². The van der Waals surface area contributed by atoms with Crippen LogP contribution in [0.4, 0.5) is 5.69 Å². The Labute approximate surface area is 144 Å². The van der Waals surface area contributed by atoms with Crippen molar-refractivity contribution in [2.24, 2.45) is 0 Å². The van der Waals surface area contributed by atoms with Gasteiger partial charge >= 0.3 is 0 Å². The number of rotatable bonds is 5. The van der Waals surface area contributed by atoms with E-state index >= 15 is 0 Å². The van der Waals surface area contributed by atoms with E-state index in [1.165, 1.54) is 14.2 Å². The topological polar surface area (TPSA) is 86.5 Å². The van der Waals surface area contributed by atoms with Gasteiger partial charge in [0.1, 0.15) is 11.5 Å². The molecule has 0 unspecified atom stereocenters. The van der Waals surface area contributed by atoms with E-state index in [1.54, 1.807) is 43.3 Å². The molecule has 1 N–H and O–H groups in total. The van der Waals surface area contributed by atoms with Crippen LogP contribution in [0.25, 0.3) is 11.5 Å². The van der Waals surface area contributed by atoms with Crippen LogP contribution in [-0.2, 0) is 0 Å². The Kier molecular flexibility index (Phi) is 4.65. The zero-order valence-corrected chi connectivity index (χ0v) is 14.1. The number of hydrogen-bond acceptors (Lipinski definition) is 6. The third-order valence-electron chi connectivity index (χ3n) is 3.51. The van der Waals surface area contributed by atoms with E-state index in [0.717, 1.165) is 5.56 Å². The molecule has 3 rings (SSSR count). The van der Waals surface area contributed by atoms with E-state index in [4.69, 9.17) is 14.0 Å². The highest BCUT2D eigenvalue weighted by Crippen LogP contribution is 2.24. The van der Waals surface area contributed by atoms with Gasteiger partial charge in [0.2, 0.25) is 0 Å². The fourth-order valence-electron chi connectivity index (χ4n) is 2.29. The van der Waals surface area contributed by atoms with Crippen molar-refractivity contribution in [1.29, 1.82) is 0 Å². The van der Waals surface area contributed by atoms with Crippen molar-refractivity contribution in [3.63, 3.8) is 0 Å². The number of hydrogen-bond donors (Lipinski definition) is 1. The first-order valence-corrected chi connectivity index (χ1v) is 7.54. The second-order valence-corrected chi connectivity index (χ2v) is 5.28. The monoisotopic (exact) mass is 339 g/mol. The van der Waals surface area contributed by atoms with E-state index in [2.05, 4.69) is 15.5 Å². The molecule has 0 aliphatic heterocycles. The minimum Gasteiger partial charge on any atom is -0.497 e. The second kappa shape index (κ2) is 7.04. The molecule has 1 aromatic heterocycles. The van der Waals surface area contributed by atoms with Gasteiger partial charge in [0.15, 0.2) is 5.82 Å². The zero-order valence-electron chi connectivity index (χ0n) is 14.1. The third-order valence-corrected chi connectivity index (χ3v) is 3.51. The predicted molar refractivity (Wildman–Crippen MR) is 92.0 cm³/mol. The average Bonchev–Trinajstić information content (AvgIpc) is 3.08. The summed E-state index contributed by atoms with van der Waals surface area (Å²) in [7, 11) is 3.07. The van der Waals surface area contributed by atoms with Gasteiger partial charge in [-0.1, -0.05) is 11.2 Å². The number of methoxy groups -OCH3 is 2. The van der Waals surface area contributed by atoms with Crippen LogP contribution >= 0.6 is 0 Å². The Morgan fingerprint density at radius 1 is 1.08 bits per heavy atom. The van der Waals surface area contributed by atoms with Crippen LogP contribution in [0.15, 0.2) is 47.0 Å². The highest BCUT2D eigenvalue weighted by Gasteiger charge is 2.12. The maximum atomic E-state index is 12.5. The van der Waals surface area contributed by atoms with Gasteiger partial charge in [0.25, 0.3) is 11.8 Å². The van der Waals surface area contributed by atoms with E-state index < -0.39 is 0 Å². The largest absolute Gasteiger partial charge is 0.497 e. The standard InChI is InChI=1S/C18H17N3O4/c1-11-19-18(25-21-11)12-5-4-6-14(7-12)20-17(22)13-8-15(23-2)10-16(9-13)24-3/h4-10H,1-3H3,(H,20,22). The molecule has 128 valence electrons. The zero-order chi connectivity index (χ0) is 17.8. The minimum absolute atomic E-state index is 0.281. The highest BCUT2D eigenvalue weighted by atomic mass is 16.5. The first kappa shape index (κ1) is 16.5. The Morgan fingerprint density at radius 3 is 2.40 bits per heavy atom. The van der Waals surface area contributed by atoms with Crippen molar-refractivity contribution in [2.75, 3.05) is 19.5 Å². The lowest BCUT2D eigenvalue weighted by molar-refractivity contribution is 0.102. The van der Waals surface area contributed by atoms with Crippen LogP contribution in [0.5, 0.6) is 11.5 Å². The number of nitrogens with zero attached hydrogens (tertiary/aromatic N) is 2. The highest BCUT2D eigenvalue weighted by molar-refractivity contribution is 6.05. The summed E-state index contributed by atoms with van der Waals surface area (Å²) >= 11 is 0. The number of carbonyl (C=O) groups excluding carboxylic acids is 1. The van der Waals surface area contributed by atoms with Gasteiger partial charge in [-0.3, -0.25) is 4.79 Å². The number of aryl methyl sites for hydroxylation is 1. The molecule has 0 aliphatic carbocycles. The van der Waals surface area contributed by atoms with E-state index in [-0.39, 0.29) is 5.91 Å². The molecular weight excluding hydrogens is 322 g/mol. The van der Waals surface area contributed by atoms with Gasteiger partial charge in [-0.05, 0) is 37.3 Å². The summed E-state index contributed by atoms with van der Waals surface area (Å²) < 4.78 is 15.5. The summed E-state index contributed by atoms with van der Waals surface area (Å²) in [5.41, 5.74) is 1.76. The van der Waals surface area contributed by atoms with Gasteiger partial charge in [-0.2, -0.15) is 4.98 Å². The molecular formula is C18H17N3O4. The molecule has 0 spiro atoms. The third kappa shape index (κ3) is 3.77. The number of amides is 1. The second-order valence-electron chi connectivity index (χ2n) is 5.28. The lowest BCUT2D eigenvalue weighted by atomic mass is 10.1. The lowest BCUT2D eigenvalue weighted by Crippen LogP contribution is -2.12. The number of benzene rings is 2. The van der Waals surface area contributed by atoms with Crippen molar-refractivity contribution >= 4 is 11.6 Å². The van der Waals surface area contributed by atoms with E-state index in [0.29, 0.717) is 34.5 Å². The van der Waals surface area contributed by atoms with Gasteiger partial charge in [0, 0.05) is 22.9 Å². The van der Waals surface area contributed by atoms with Crippen molar-refractivity contribution < 1.29 is 18.8 Å². The Bertz CT molecular complexity index is 883. The van der Waals surface area contributed by atoms with Gasteiger partial charge in [-0.15, -0.1) is 0 Å². The molecule has 0 atom stereocenters. The predicted octanol–water partition coefficient (Wildman–Crippen LogP) is 3.31. The minimum atomic E-state index is -0.281. The molecule has 0 saturated heterocycles. The molecule has 25 heavy (non-hydrogen) atoms. The molecule has 0 bridgehead atoms. The summed E-state index contributed by atoms with van der Waals surface area (Å²) in [6.07, 6.45) is 0. The molecule has 0 fully saturated rings. The number of aromatic nitrogens is 2. The van der Waals surface area contributed by atoms with Crippen LogP contribution in [0.2, 0.25) is 0 Å². The molecule has 0 saturated carbocycles. The maximum Gasteiger partial charge on any atom is 0.257 e. The number of nitrogens with one attached hydrogen (secondary N) is 1. The quantitative estimate of drug-likeness (QED) is 0.767. The normalized spacial score (nSPS) is 10.4. The molecule has 7 nitrogen and oxygen atoms in total. The smallest absolute Gasteiger partial charge is 0.257 e. The van der Waals surface area contributed by atoms with Crippen LogP contribution in [0.3, 0.4) is 0 Å². The fourth-order valence-corrected chi connectivity index (χ4v) is 2.29. The summed E-state index contributed by atoms with van der Waals surface area (Å²) in [5.74, 6) is 1.75.